The Bertz CT molecular complexity index is 663. The molecule has 1 N–H and O–H groups in total. The first-order chi connectivity index (χ1) is 10.6. The van der Waals surface area contributed by atoms with E-state index in [0.29, 0.717) is 5.75 Å². The monoisotopic (exact) mass is 313 g/mol. The average molecular weight is 313 g/mol. The van der Waals surface area contributed by atoms with E-state index in [-0.39, 0.29) is 11.7 Å². The summed E-state index contributed by atoms with van der Waals surface area (Å²) in [6, 6.07) is 17.3. The Morgan fingerprint density at radius 2 is 1.77 bits per heavy atom. The van der Waals surface area contributed by atoms with Gasteiger partial charge in [-0.15, -0.1) is 0 Å². The molecule has 0 spiro atoms. The summed E-state index contributed by atoms with van der Waals surface area (Å²) < 4.78 is 11.9. The minimum atomic E-state index is -1.20. The van der Waals surface area contributed by atoms with Gasteiger partial charge in [0.25, 0.3) is 0 Å². The predicted octanol–water partition coefficient (Wildman–Crippen LogP) is 3.40. The molecule has 1 atom stereocenters. The van der Waals surface area contributed by atoms with Gasteiger partial charge in [0.1, 0.15) is 5.75 Å². The molecule has 22 heavy (non-hydrogen) atoms. The molecule has 0 aliphatic heterocycles. The standard InChI is InChI=1S/C18H19NO2S/c1-15-9-11-17(12-10-15)19-18(20)14-22(21)13-5-8-16-6-3-2-4-7-16/h2-12H,13-14H2,1H3,(H,19,20)/b8-5+. The van der Waals surface area contributed by atoms with E-state index in [0.717, 1.165) is 16.8 Å². The summed E-state index contributed by atoms with van der Waals surface area (Å²) in [6.07, 6.45) is 3.75. The molecule has 0 aliphatic carbocycles. The summed E-state index contributed by atoms with van der Waals surface area (Å²) in [7, 11) is -1.20. The lowest BCUT2D eigenvalue weighted by molar-refractivity contribution is -0.113. The summed E-state index contributed by atoms with van der Waals surface area (Å²) in [5.74, 6) is 0.152. The van der Waals surface area contributed by atoms with Gasteiger partial charge in [0.15, 0.2) is 0 Å². The van der Waals surface area contributed by atoms with Crippen molar-refractivity contribution in [2.75, 3.05) is 16.8 Å². The Morgan fingerprint density at radius 1 is 1.09 bits per heavy atom. The lowest BCUT2D eigenvalue weighted by Gasteiger charge is -2.04. The molecule has 3 nitrogen and oxygen atoms in total. The van der Waals surface area contributed by atoms with Gasteiger partial charge in [0.05, 0.1) is 0 Å². The van der Waals surface area contributed by atoms with Crippen LogP contribution in [0.2, 0.25) is 0 Å². The molecule has 0 aromatic heterocycles. The fraction of sp³-hybridized carbons (Fsp3) is 0.167. The van der Waals surface area contributed by atoms with Gasteiger partial charge in [-0.2, -0.15) is 0 Å². The van der Waals surface area contributed by atoms with Crippen molar-refractivity contribution in [1.29, 1.82) is 0 Å². The van der Waals surface area contributed by atoms with Crippen LogP contribution in [0.5, 0.6) is 0 Å². The van der Waals surface area contributed by atoms with Crippen molar-refractivity contribution in [2.45, 2.75) is 6.92 Å². The fourth-order valence-electron chi connectivity index (χ4n) is 1.89. The number of benzene rings is 2. The van der Waals surface area contributed by atoms with Crippen LogP contribution in [-0.2, 0) is 15.6 Å². The largest absolute Gasteiger partial charge is 0.325 e. The lowest BCUT2D eigenvalue weighted by Crippen LogP contribution is -2.20. The van der Waals surface area contributed by atoms with Crippen LogP contribution >= 0.6 is 0 Å². The quantitative estimate of drug-likeness (QED) is 0.888. The van der Waals surface area contributed by atoms with E-state index in [9.17, 15) is 9.00 Å². The number of aryl methyl sites for hydroxylation is 1. The number of carbonyl (C=O) groups is 1. The van der Waals surface area contributed by atoms with Gasteiger partial charge in [-0.25, -0.2) is 0 Å². The first kappa shape index (κ1) is 16.2. The number of anilines is 1. The number of amides is 1. The molecule has 2 rings (SSSR count). The second-order valence-electron chi connectivity index (χ2n) is 4.98. The Hall–Kier alpha value is -2.20. The van der Waals surface area contributed by atoms with E-state index in [2.05, 4.69) is 5.32 Å². The van der Waals surface area contributed by atoms with Gasteiger partial charge in [-0.1, -0.05) is 60.2 Å². The summed E-state index contributed by atoms with van der Waals surface area (Å²) in [4.78, 5) is 11.8. The first-order valence-corrected chi connectivity index (χ1v) is 8.55. The Balaban J connectivity index is 1.78. The topological polar surface area (TPSA) is 46.2 Å². The smallest absolute Gasteiger partial charge is 0.237 e. The van der Waals surface area contributed by atoms with Gasteiger partial charge in [-0.3, -0.25) is 9.00 Å². The van der Waals surface area contributed by atoms with E-state index in [4.69, 9.17) is 0 Å². The van der Waals surface area contributed by atoms with Crippen molar-refractivity contribution < 1.29 is 9.00 Å². The van der Waals surface area contributed by atoms with Crippen LogP contribution in [0.4, 0.5) is 5.69 Å². The number of nitrogens with one attached hydrogen (secondary N) is 1. The van der Waals surface area contributed by atoms with Crippen molar-refractivity contribution in [3.8, 4) is 0 Å². The van der Waals surface area contributed by atoms with Crippen LogP contribution in [0.15, 0.2) is 60.7 Å². The van der Waals surface area contributed by atoms with Crippen LogP contribution in [0.25, 0.3) is 6.08 Å². The van der Waals surface area contributed by atoms with E-state index >= 15 is 0 Å². The van der Waals surface area contributed by atoms with Crippen molar-refractivity contribution in [3.05, 3.63) is 71.8 Å². The first-order valence-electron chi connectivity index (χ1n) is 7.06. The van der Waals surface area contributed by atoms with Crippen LogP contribution < -0.4 is 5.32 Å². The highest BCUT2D eigenvalue weighted by molar-refractivity contribution is 7.85. The third kappa shape index (κ3) is 5.66. The summed E-state index contributed by atoms with van der Waals surface area (Å²) in [5, 5.41) is 2.75. The second kappa shape index (κ2) is 8.29. The average Bonchev–Trinajstić information content (AvgIpc) is 2.50. The number of carbonyl (C=O) groups excluding carboxylic acids is 1. The van der Waals surface area contributed by atoms with Gasteiger partial charge < -0.3 is 5.32 Å². The zero-order valence-electron chi connectivity index (χ0n) is 12.5. The SMILES string of the molecule is Cc1ccc(NC(=O)CS(=O)C/C=C/c2ccccc2)cc1. The van der Waals surface area contributed by atoms with Crippen molar-refractivity contribution in [3.63, 3.8) is 0 Å². The Labute approximate surface area is 133 Å². The highest BCUT2D eigenvalue weighted by Gasteiger charge is 2.07. The van der Waals surface area contributed by atoms with Crippen molar-refractivity contribution in [1.82, 2.24) is 0 Å². The van der Waals surface area contributed by atoms with Gasteiger partial charge in [0.2, 0.25) is 5.91 Å². The van der Waals surface area contributed by atoms with E-state index in [1.807, 2.05) is 73.7 Å². The van der Waals surface area contributed by atoms with E-state index < -0.39 is 10.8 Å². The normalized spacial score (nSPS) is 12.2. The molecule has 0 saturated heterocycles. The summed E-state index contributed by atoms with van der Waals surface area (Å²) in [5.41, 5.74) is 2.92. The molecule has 2 aromatic carbocycles. The van der Waals surface area contributed by atoms with Crippen LogP contribution in [0.1, 0.15) is 11.1 Å². The molecule has 2 aromatic rings. The van der Waals surface area contributed by atoms with Gasteiger partial charge in [0, 0.05) is 22.2 Å². The highest BCUT2D eigenvalue weighted by atomic mass is 32.2. The van der Waals surface area contributed by atoms with Crippen molar-refractivity contribution >= 4 is 28.5 Å². The molecule has 4 heteroatoms. The van der Waals surface area contributed by atoms with Crippen LogP contribution in [0, 0.1) is 6.92 Å². The Kier molecular flexibility index (Phi) is 6.10. The fourth-order valence-corrected chi connectivity index (χ4v) is 2.69. The molecule has 114 valence electrons. The minimum Gasteiger partial charge on any atom is -0.325 e. The molecular formula is C18H19NO2S. The second-order valence-corrected chi connectivity index (χ2v) is 6.48. The molecule has 0 fully saturated rings. The number of hydrogen-bond acceptors (Lipinski definition) is 2. The third-order valence-corrected chi connectivity index (χ3v) is 4.17. The molecule has 0 bridgehead atoms. The summed E-state index contributed by atoms with van der Waals surface area (Å²) in [6.45, 7) is 1.99. The molecule has 0 heterocycles. The zero-order valence-corrected chi connectivity index (χ0v) is 13.3. The van der Waals surface area contributed by atoms with E-state index in [1.54, 1.807) is 0 Å². The number of rotatable bonds is 6. The minimum absolute atomic E-state index is 0.00695. The predicted molar refractivity (Wildman–Crippen MR) is 93.2 cm³/mol. The highest BCUT2D eigenvalue weighted by Crippen LogP contribution is 2.08. The maximum Gasteiger partial charge on any atom is 0.237 e. The Morgan fingerprint density at radius 3 is 2.45 bits per heavy atom. The van der Waals surface area contributed by atoms with Gasteiger partial charge >= 0.3 is 0 Å². The van der Waals surface area contributed by atoms with Crippen molar-refractivity contribution in [2.24, 2.45) is 0 Å². The van der Waals surface area contributed by atoms with Gasteiger partial charge in [-0.05, 0) is 24.6 Å². The maximum atomic E-state index is 11.9. The van der Waals surface area contributed by atoms with Crippen LogP contribution in [-0.4, -0.2) is 21.6 Å². The third-order valence-electron chi connectivity index (χ3n) is 3.02. The molecule has 0 saturated carbocycles. The molecule has 1 amide bonds. The van der Waals surface area contributed by atoms with Crippen LogP contribution in [0.3, 0.4) is 0 Å². The molecular weight excluding hydrogens is 294 g/mol. The van der Waals surface area contributed by atoms with E-state index in [1.165, 1.54) is 0 Å². The molecule has 1 unspecified atom stereocenters. The summed E-state index contributed by atoms with van der Waals surface area (Å²) >= 11 is 0. The maximum absolute atomic E-state index is 11.9. The molecule has 0 radical (unpaired) electrons. The lowest BCUT2D eigenvalue weighted by atomic mass is 10.2. The molecule has 0 aliphatic rings. The zero-order chi connectivity index (χ0) is 15.8. The number of hydrogen-bond donors (Lipinski definition) is 1.